The Morgan fingerprint density at radius 3 is 2.41 bits per heavy atom. The maximum atomic E-state index is 13.1. The number of rotatable bonds is 4. The summed E-state index contributed by atoms with van der Waals surface area (Å²) in [5.74, 6) is 0.407. The van der Waals surface area contributed by atoms with Crippen LogP contribution in [0.1, 0.15) is 47.1 Å². The average molecular weight is 424 g/mol. The molecule has 1 aliphatic rings. The van der Waals surface area contributed by atoms with Gasteiger partial charge in [0.2, 0.25) is 0 Å². The highest BCUT2D eigenvalue weighted by atomic mass is 79.9. The lowest BCUT2D eigenvalue weighted by Gasteiger charge is -2.28. The fourth-order valence-electron chi connectivity index (χ4n) is 3.70. The van der Waals surface area contributed by atoms with Crippen molar-refractivity contribution in [2.75, 3.05) is 6.54 Å². The van der Waals surface area contributed by atoms with Crippen LogP contribution < -0.4 is 0 Å². The van der Waals surface area contributed by atoms with Gasteiger partial charge in [-0.05, 0) is 30.5 Å². The van der Waals surface area contributed by atoms with Crippen molar-refractivity contribution >= 4 is 21.8 Å². The quantitative estimate of drug-likeness (QED) is 0.614. The first kappa shape index (κ1) is 18.0. The van der Waals surface area contributed by atoms with Crippen LogP contribution in [0.3, 0.4) is 0 Å². The zero-order valence-electron chi connectivity index (χ0n) is 15.7. The van der Waals surface area contributed by atoms with Gasteiger partial charge in [-0.2, -0.15) is 5.10 Å². The number of halogens is 1. The summed E-state index contributed by atoms with van der Waals surface area (Å²) in [6.07, 6.45) is 0. The lowest BCUT2D eigenvalue weighted by molar-refractivity contribution is 0.0722. The Labute approximate surface area is 167 Å². The van der Waals surface area contributed by atoms with Gasteiger partial charge in [-0.25, -0.2) is 0 Å². The van der Waals surface area contributed by atoms with Crippen LogP contribution in [0.2, 0.25) is 0 Å². The summed E-state index contributed by atoms with van der Waals surface area (Å²) in [6, 6.07) is 16.4. The highest BCUT2D eigenvalue weighted by molar-refractivity contribution is 9.10. The molecule has 0 radical (unpaired) electrons. The molecule has 1 unspecified atom stereocenters. The minimum Gasteiger partial charge on any atom is -0.326 e. The molecule has 1 aliphatic heterocycles. The molecule has 2 aromatic carbocycles. The van der Waals surface area contributed by atoms with Crippen LogP contribution in [0.5, 0.6) is 0 Å². The minimum absolute atomic E-state index is 0.0254. The van der Waals surface area contributed by atoms with E-state index in [-0.39, 0.29) is 11.9 Å². The van der Waals surface area contributed by atoms with Crippen molar-refractivity contribution in [1.82, 2.24) is 15.1 Å². The molecule has 5 heteroatoms. The molecule has 4 nitrogen and oxygen atoms in total. The molecule has 3 aromatic rings. The molecule has 27 heavy (non-hydrogen) atoms. The van der Waals surface area contributed by atoms with E-state index in [0.717, 1.165) is 26.9 Å². The van der Waals surface area contributed by atoms with E-state index in [9.17, 15) is 4.79 Å². The third-order valence-electron chi connectivity index (χ3n) is 4.94. The van der Waals surface area contributed by atoms with E-state index < -0.39 is 0 Å². The Morgan fingerprint density at radius 1 is 1.11 bits per heavy atom. The van der Waals surface area contributed by atoms with E-state index >= 15 is 0 Å². The Kier molecular flexibility index (Phi) is 4.64. The third kappa shape index (κ3) is 3.21. The number of amides is 1. The summed E-state index contributed by atoms with van der Waals surface area (Å²) in [5.41, 5.74) is 5.77. The van der Waals surface area contributed by atoms with Crippen LogP contribution in [0.4, 0.5) is 0 Å². The Hall–Kier alpha value is -2.40. The summed E-state index contributed by atoms with van der Waals surface area (Å²) in [7, 11) is 0. The summed E-state index contributed by atoms with van der Waals surface area (Å²) in [6.45, 7) is 7.04. The third-order valence-corrected chi connectivity index (χ3v) is 5.47. The van der Waals surface area contributed by atoms with Crippen molar-refractivity contribution in [1.29, 1.82) is 0 Å². The van der Waals surface area contributed by atoms with Gasteiger partial charge < -0.3 is 4.90 Å². The second-order valence-electron chi connectivity index (χ2n) is 7.53. The predicted molar refractivity (Wildman–Crippen MR) is 111 cm³/mol. The van der Waals surface area contributed by atoms with Crippen LogP contribution in [-0.2, 0) is 0 Å². The maximum Gasteiger partial charge on any atom is 0.273 e. The number of aromatic amines is 1. The molecule has 1 amide bonds. The molecular weight excluding hydrogens is 402 g/mol. The number of hydrogen-bond donors (Lipinski definition) is 1. The van der Waals surface area contributed by atoms with Gasteiger partial charge >= 0.3 is 0 Å². The first-order valence-electron chi connectivity index (χ1n) is 9.17. The van der Waals surface area contributed by atoms with E-state index in [2.05, 4.69) is 83.3 Å². The van der Waals surface area contributed by atoms with E-state index in [4.69, 9.17) is 0 Å². The number of hydrogen-bond acceptors (Lipinski definition) is 2. The number of fused-ring (bicyclic) bond motifs is 1. The SMILES string of the molecule is Cc1ccc(-c2n[nH]c3c2C(c2ccc(Br)cc2)N(CC(C)C)C3=O)cc1. The molecule has 2 heterocycles. The summed E-state index contributed by atoms with van der Waals surface area (Å²) >= 11 is 3.50. The molecule has 1 N–H and O–H groups in total. The van der Waals surface area contributed by atoms with Crippen molar-refractivity contribution in [2.45, 2.75) is 26.8 Å². The fraction of sp³-hybridized carbons (Fsp3) is 0.273. The second kappa shape index (κ2) is 6.97. The Morgan fingerprint density at radius 2 is 1.78 bits per heavy atom. The average Bonchev–Trinajstić information content (AvgIpc) is 3.17. The highest BCUT2D eigenvalue weighted by Gasteiger charge is 2.42. The zero-order chi connectivity index (χ0) is 19.1. The maximum absolute atomic E-state index is 13.1. The summed E-state index contributed by atoms with van der Waals surface area (Å²) in [5, 5.41) is 7.53. The van der Waals surface area contributed by atoms with Crippen LogP contribution >= 0.6 is 15.9 Å². The molecule has 1 atom stereocenters. The van der Waals surface area contributed by atoms with Gasteiger partial charge in [0.25, 0.3) is 5.91 Å². The molecule has 4 rings (SSSR count). The molecule has 1 aromatic heterocycles. The number of nitrogens with zero attached hydrogens (tertiary/aromatic N) is 2. The number of benzene rings is 2. The van der Waals surface area contributed by atoms with Crippen LogP contribution in [0, 0.1) is 12.8 Å². The largest absolute Gasteiger partial charge is 0.326 e. The first-order valence-corrected chi connectivity index (χ1v) is 9.96. The summed E-state index contributed by atoms with van der Waals surface area (Å²) in [4.78, 5) is 15.1. The molecule has 0 aliphatic carbocycles. The monoisotopic (exact) mass is 423 g/mol. The van der Waals surface area contributed by atoms with E-state index in [1.807, 2.05) is 17.0 Å². The van der Waals surface area contributed by atoms with Crippen LogP contribution in [0.15, 0.2) is 53.0 Å². The number of aryl methyl sites for hydroxylation is 1. The van der Waals surface area contributed by atoms with Crippen molar-refractivity contribution in [3.8, 4) is 11.3 Å². The first-order chi connectivity index (χ1) is 13.0. The van der Waals surface area contributed by atoms with Gasteiger partial charge in [-0.1, -0.05) is 71.7 Å². The zero-order valence-corrected chi connectivity index (χ0v) is 17.2. The standard InChI is InChI=1S/C22H22BrN3O/c1-13(2)12-26-21(16-8-10-17(23)11-9-16)18-19(24-25-20(18)22(26)27)15-6-4-14(3)5-7-15/h4-11,13,21H,12H2,1-3H3,(H,24,25). The van der Waals surface area contributed by atoms with Crippen molar-refractivity contribution in [2.24, 2.45) is 5.92 Å². The molecule has 138 valence electrons. The lowest BCUT2D eigenvalue weighted by Crippen LogP contribution is -2.32. The van der Waals surface area contributed by atoms with Crippen molar-refractivity contribution < 1.29 is 4.79 Å². The molecule has 0 saturated heterocycles. The number of carbonyl (C=O) groups is 1. The van der Waals surface area contributed by atoms with Crippen molar-refractivity contribution in [3.63, 3.8) is 0 Å². The molecular formula is C22H22BrN3O. The van der Waals surface area contributed by atoms with Gasteiger partial charge in [0.1, 0.15) is 5.69 Å². The smallest absolute Gasteiger partial charge is 0.273 e. The van der Waals surface area contributed by atoms with E-state index in [1.165, 1.54) is 5.56 Å². The molecule has 0 saturated carbocycles. The van der Waals surface area contributed by atoms with Gasteiger partial charge in [-0.15, -0.1) is 0 Å². The van der Waals surface area contributed by atoms with E-state index in [0.29, 0.717) is 18.2 Å². The van der Waals surface area contributed by atoms with Gasteiger partial charge in [0, 0.05) is 22.1 Å². The topological polar surface area (TPSA) is 49.0 Å². The molecule has 0 spiro atoms. The molecule has 0 bridgehead atoms. The minimum atomic E-state index is -0.127. The van der Waals surface area contributed by atoms with Gasteiger partial charge in [-0.3, -0.25) is 9.89 Å². The van der Waals surface area contributed by atoms with E-state index in [1.54, 1.807) is 0 Å². The normalized spacial score (nSPS) is 16.3. The van der Waals surface area contributed by atoms with Crippen LogP contribution in [-0.4, -0.2) is 27.5 Å². The Balaban J connectivity index is 1.87. The Bertz CT molecular complexity index is 974. The van der Waals surface area contributed by atoms with Crippen LogP contribution in [0.25, 0.3) is 11.3 Å². The highest BCUT2D eigenvalue weighted by Crippen LogP contribution is 2.43. The van der Waals surface area contributed by atoms with Gasteiger partial charge in [0.05, 0.1) is 11.7 Å². The molecule has 0 fully saturated rings. The lowest BCUT2D eigenvalue weighted by atomic mass is 9.95. The number of aromatic nitrogens is 2. The second-order valence-corrected chi connectivity index (χ2v) is 8.45. The number of nitrogens with one attached hydrogen (secondary N) is 1. The number of carbonyl (C=O) groups excluding carboxylic acids is 1. The number of H-pyrrole nitrogens is 1. The fourth-order valence-corrected chi connectivity index (χ4v) is 3.97. The van der Waals surface area contributed by atoms with Crippen molar-refractivity contribution in [3.05, 3.63) is 75.4 Å². The van der Waals surface area contributed by atoms with Gasteiger partial charge in [0.15, 0.2) is 0 Å². The summed E-state index contributed by atoms with van der Waals surface area (Å²) < 4.78 is 1.03. The predicted octanol–water partition coefficient (Wildman–Crippen LogP) is 5.35.